The van der Waals surface area contributed by atoms with E-state index in [9.17, 15) is 9.90 Å². The summed E-state index contributed by atoms with van der Waals surface area (Å²) in [5, 5.41) is 23.7. The monoisotopic (exact) mass is 401 g/mol. The molecule has 0 atom stereocenters. The summed E-state index contributed by atoms with van der Waals surface area (Å²) in [4.78, 5) is 15.8. The first-order valence-corrected chi connectivity index (χ1v) is 9.29. The smallest absolute Gasteiger partial charge is 0.341 e. The van der Waals surface area contributed by atoms with Crippen LogP contribution in [0.15, 0.2) is 54.6 Å². The van der Waals surface area contributed by atoms with Gasteiger partial charge in [0.1, 0.15) is 17.9 Å². The molecule has 30 heavy (non-hydrogen) atoms. The number of pyridine rings is 1. The number of H-pyrrole nitrogens is 1. The number of aromatic amines is 1. The van der Waals surface area contributed by atoms with E-state index in [0.29, 0.717) is 23.0 Å². The molecule has 2 N–H and O–H groups in total. The zero-order chi connectivity index (χ0) is 21.1. The molecule has 0 aliphatic heterocycles. The molecular formula is C22H19N5O3. The highest BCUT2D eigenvalue weighted by atomic mass is 16.5. The van der Waals surface area contributed by atoms with Crippen LogP contribution in [0, 0.1) is 13.8 Å². The Morgan fingerprint density at radius 2 is 1.80 bits per heavy atom. The number of carboxylic acid groups (broad SMARTS) is 1. The van der Waals surface area contributed by atoms with Crippen LogP contribution in [-0.2, 0) is 6.61 Å². The predicted molar refractivity (Wildman–Crippen MR) is 110 cm³/mol. The second-order valence-corrected chi connectivity index (χ2v) is 6.79. The number of nitrogens with one attached hydrogen (secondary N) is 1. The van der Waals surface area contributed by atoms with Gasteiger partial charge in [-0.3, -0.25) is 4.98 Å². The number of aromatic nitrogens is 5. The third-order valence-electron chi connectivity index (χ3n) is 4.68. The van der Waals surface area contributed by atoms with Gasteiger partial charge < -0.3 is 9.84 Å². The molecule has 0 aliphatic carbocycles. The maximum atomic E-state index is 11.6. The molecule has 8 nitrogen and oxygen atoms in total. The lowest BCUT2D eigenvalue weighted by atomic mass is 9.98. The van der Waals surface area contributed by atoms with E-state index in [-0.39, 0.29) is 12.2 Å². The van der Waals surface area contributed by atoms with Gasteiger partial charge in [0, 0.05) is 17.3 Å². The summed E-state index contributed by atoms with van der Waals surface area (Å²) in [7, 11) is 0. The Bertz CT molecular complexity index is 1190. The van der Waals surface area contributed by atoms with Crippen LogP contribution in [0.5, 0.6) is 5.75 Å². The Kier molecular flexibility index (Phi) is 5.21. The number of hydrogen-bond donors (Lipinski definition) is 2. The number of nitrogens with zero attached hydrogens (tertiary/aromatic N) is 4. The Morgan fingerprint density at radius 1 is 1.07 bits per heavy atom. The molecule has 4 aromatic rings. The number of rotatable bonds is 6. The van der Waals surface area contributed by atoms with E-state index >= 15 is 0 Å². The molecular weight excluding hydrogens is 382 g/mol. The van der Waals surface area contributed by atoms with E-state index in [4.69, 9.17) is 4.74 Å². The summed E-state index contributed by atoms with van der Waals surface area (Å²) in [5.41, 5.74) is 5.02. The lowest BCUT2D eigenvalue weighted by Gasteiger charge is -2.12. The standard InChI is InChI=1S/C22H19N5O3/c1-13-11-19(20(22(28)29)14(2)23-13)30-12-15-7-9-16(10-8-15)17-5-3-4-6-18(17)21-24-26-27-25-21/h3-11H,12H2,1-2H3,(H,28,29)(H,24,25,26,27). The first kappa shape index (κ1) is 19.3. The SMILES string of the molecule is Cc1cc(OCc2ccc(-c3ccccc3-c3nn[nH]n3)cc2)c(C(=O)O)c(C)n1. The Morgan fingerprint density at radius 3 is 2.47 bits per heavy atom. The summed E-state index contributed by atoms with van der Waals surface area (Å²) in [6.07, 6.45) is 0. The summed E-state index contributed by atoms with van der Waals surface area (Å²) >= 11 is 0. The highest BCUT2D eigenvalue weighted by Crippen LogP contribution is 2.30. The first-order chi connectivity index (χ1) is 14.5. The van der Waals surface area contributed by atoms with Crippen LogP contribution < -0.4 is 4.74 Å². The molecule has 0 saturated carbocycles. The normalized spacial score (nSPS) is 10.7. The molecule has 0 saturated heterocycles. The van der Waals surface area contributed by atoms with E-state index in [0.717, 1.165) is 22.3 Å². The Hall–Kier alpha value is -4.07. The van der Waals surface area contributed by atoms with E-state index in [1.54, 1.807) is 13.0 Å². The Labute approximate surface area is 172 Å². The molecule has 0 unspecified atom stereocenters. The molecule has 0 radical (unpaired) electrons. The number of carboxylic acids is 1. The van der Waals surface area contributed by atoms with Crippen molar-refractivity contribution in [3.8, 4) is 28.3 Å². The largest absolute Gasteiger partial charge is 0.488 e. The van der Waals surface area contributed by atoms with Gasteiger partial charge in [-0.15, -0.1) is 10.2 Å². The number of aromatic carboxylic acids is 1. The fourth-order valence-corrected chi connectivity index (χ4v) is 3.31. The topological polar surface area (TPSA) is 114 Å². The third-order valence-corrected chi connectivity index (χ3v) is 4.68. The fourth-order valence-electron chi connectivity index (χ4n) is 3.31. The van der Waals surface area contributed by atoms with Crippen molar-refractivity contribution in [3.05, 3.63) is 77.1 Å². The molecule has 0 amide bonds. The molecule has 0 fully saturated rings. The molecule has 0 aliphatic rings. The minimum Gasteiger partial charge on any atom is -0.488 e. The molecule has 150 valence electrons. The number of aryl methyl sites for hydroxylation is 2. The van der Waals surface area contributed by atoms with Crippen LogP contribution in [0.2, 0.25) is 0 Å². The van der Waals surface area contributed by atoms with Crippen molar-refractivity contribution >= 4 is 5.97 Å². The summed E-state index contributed by atoms with van der Waals surface area (Å²) in [6, 6.07) is 17.3. The van der Waals surface area contributed by atoms with Crippen molar-refractivity contribution in [1.29, 1.82) is 0 Å². The number of hydrogen-bond acceptors (Lipinski definition) is 6. The second kappa shape index (κ2) is 8.12. The number of ether oxygens (including phenoxy) is 1. The maximum absolute atomic E-state index is 11.6. The first-order valence-electron chi connectivity index (χ1n) is 9.29. The molecule has 2 heterocycles. The predicted octanol–water partition coefficient (Wildman–Crippen LogP) is 3.82. The highest BCUT2D eigenvalue weighted by molar-refractivity contribution is 5.92. The van der Waals surface area contributed by atoms with Crippen LogP contribution in [-0.4, -0.2) is 36.7 Å². The lowest BCUT2D eigenvalue weighted by molar-refractivity contribution is 0.0690. The minimum atomic E-state index is -1.05. The van der Waals surface area contributed by atoms with Gasteiger partial charge in [0.25, 0.3) is 0 Å². The zero-order valence-corrected chi connectivity index (χ0v) is 16.5. The van der Waals surface area contributed by atoms with E-state index in [1.807, 2.05) is 55.5 Å². The van der Waals surface area contributed by atoms with Gasteiger partial charge in [0.15, 0.2) is 0 Å². The van der Waals surface area contributed by atoms with E-state index < -0.39 is 5.97 Å². The number of benzene rings is 2. The van der Waals surface area contributed by atoms with Gasteiger partial charge in [-0.2, -0.15) is 5.21 Å². The van der Waals surface area contributed by atoms with Crippen LogP contribution >= 0.6 is 0 Å². The average molecular weight is 401 g/mol. The van der Waals surface area contributed by atoms with Crippen molar-refractivity contribution in [3.63, 3.8) is 0 Å². The lowest BCUT2D eigenvalue weighted by Crippen LogP contribution is -2.08. The van der Waals surface area contributed by atoms with Gasteiger partial charge >= 0.3 is 5.97 Å². The van der Waals surface area contributed by atoms with Gasteiger partial charge in [0.05, 0.1) is 5.69 Å². The summed E-state index contributed by atoms with van der Waals surface area (Å²) < 4.78 is 5.82. The van der Waals surface area contributed by atoms with E-state index in [2.05, 4.69) is 25.6 Å². The maximum Gasteiger partial charge on any atom is 0.341 e. The van der Waals surface area contributed by atoms with Gasteiger partial charge in [0.2, 0.25) is 5.82 Å². The summed E-state index contributed by atoms with van der Waals surface area (Å²) in [5.74, 6) is -0.204. The van der Waals surface area contributed by atoms with Gasteiger partial charge in [-0.05, 0) is 35.8 Å². The molecule has 4 rings (SSSR count). The fraction of sp³-hybridized carbons (Fsp3) is 0.136. The van der Waals surface area contributed by atoms with Crippen molar-refractivity contribution in [2.24, 2.45) is 0 Å². The Balaban J connectivity index is 1.56. The minimum absolute atomic E-state index is 0.0891. The zero-order valence-electron chi connectivity index (χ0n) is 16.5. The van der Waals surface area contributed by atoms with Crippen LogP contribution in [0.1, 0.15) is 27.3 Å². The van der Waals surface area contributed by atoms with Gasteiger partial charge in [-0.25, -0.2) is 4.79 Å². The van der Waals surface area contributed by atoms with Crippen molar-refractivity contribution in [2.45, 2.75) is 20.5 Å². The van der Waals surface area contributed by atoms with Crippen molar-refractivity contribution < 1.29 is 14.6 Å². The van der Waals surface area contributed by atoms with Crippen LogP contribution in [0.4, 0.5) is 0 Å². The van der Waals surface area contributed by atoms with Crippen molar-refractivity contribution in [2.75, 3.05) is 0 Å². The van der Waals surface area contributed by atoms with E-state index in [1.165, 1.54) is 0 Å². The summed E-state index contributed by atoms with van der Waals surface area (Å²) in [6.45, 7) is 3.72. The molecule has 0 bridgehead atoms. The van der Waals surface area contributed by atoms with Gasteiger partial charge in [-0.1, -0.05) is 48.5 Å². The van der Waals surface area contributed by atoms with Crippen LogP contribution in [0.3, 0.4) is 0 Å². The average Bonchev–Trinajstić information content (AvgIpc) is 3.26. The number of tetrazole rings is 1. The van der Waals surface area contributed by atoms with Crippen LogP contribution in [0.25, 0.3) is 22.5 Å². The molecule has 8 heteroatoms. The molecule has 2 aromatic heterocycles. The number of carbonyl (C=O) groups is 1. The molecule has 2 aromatic carbocycles. The van der Waals surface area contributed by atoms with Crippen molar-refractivity contribution in [1.82, 2.24) is 25.6 Å². The second-order valence-electron chi connectivity index (χ2n) is 6.79. The molecule has 0 spiro atoms. The quantitative estimate of drug-likeness (QED) is 0.505. The third kappa shape index (κ3) is 3.88. The highest BCUT2D eigenvalue weighted by Gasteiger charge is 2.17.